The van der Waals surface area contributed by atoms with E-state index >= 15 is 0 Å². The first-order valence-electron chi connectivity index (χ1n) is 3.56. The fourth-order valence-electron chi connectivity index (χ4n) is 1.25. The third-order valence-electron chi connectivity index (χ3n) is 1.89. The number of hydrogen-bond acceptors (Lipinski definition) is 3. The minimum Gasteiger partial charge on any atom is -0.768 e. The quantitative estimate of drug-likeness (QED) is 0.393. The van der Waals surface area contributed by atoms with Crippen molar-refractivity contribution in [3.8, 4) is 0 Å². The molecule has 3 nitrogen and oxygen atoms in total. The van der Waals surface area contributed by atoms with E-state index in [4.69, 9.17) is 4.74 Å². The van der Waals surface area contributed by atoms with Crippen LogP contribution in [0.15, 0.2) is 23.1 Å². The maximum atomic E-state index is 10.6. The van der Waals surface area contributed by atoms with E-state index in [2.05, 4.69) is 0 Å². The fraction of sp³-hybridized carbons (Fsp3) is 0.250. The van der Waals surface area contributed by atoms with Crippen LogP contribution in [0.5, 0.6) is 0 Å². The summed E-state index contributed by atoms with van der Waals surface area (Å²) in [6, 6.07) is 5.05. The van der Waals surface area contributed by atoms with Crippen LogP contribution in [0.2, 0.25) is 0 Å². The Morgan fingerprint density at radius 1 is 1.31 bits per heavy atom. The molecular formula is C8H7NaO3S. The Kier molecular flexibility index (Phi) is 4.09. The van der Waals surface area contributed by atoms with E-state index in [1.165, 1.54) is 0 Å². The van der Waals surface area contributed by atoms with Gasteiger partial charge in [0.25, 0.3) is 0 Å². The van der Waals surface area contributed by atoms with Crippen LogP contribution in [0.25, 0.3) is 0 Å². The van der Waals surface area contributed by atoms with Gasteiger partial charge in [0.15, 0.2) is 0 Å². The largest absolute Gasteiger partial charge is 1.00 e. The molecule has 0 fully saturated rings. The molecule has 0 radical (unpaired) electrons. The zero-order chi connectivity index (χ0) is 8.55. The van der Waals surface area contributed by atoms with Crippen molar-refractivity contribution in [2.75, 3.05) is 0 Å². The fourth-order valence-corrected chi connectivity index (χ4v) is 1.67. The molecule has 0 saturated carbocycles. The number of benzene rings is 1. The SMILES string of the molecule is O=S([O-])c1ccc2c(c1)COC2.[Na+]. The Hall–Kier alpha value is 0.290. The molecule has 1 heterocycles. The smallest absolute Gasteiger partial charge is 0.768 e. The molecule has 13 heavy (non-hydrogen) atoms. The van der Waals surface area contributed by atoms with Gasteiger partial charge in [-0.1, -0.05) is 6.07 Å². The minimum absolute atomic E-state index is 0. The summed E-state index contributed by atoms with van der Waals surface area (Å²) in [5.41, 5.74) is 2.07. The Balaban J connectivity index is 0.000000845. The average molecular weight is 206 g/mol. The molecule has 5 heteroatoms. The van der Waals surface area contributed by atoms with E-state index in [9.17, 15) is 8.76 Å². The first-order chi connectivity index (χ1) is 5.77. The van der Waals surface area contributed by atoms with Crippen LogP contribution < -0.4 is 29.6 Å². The summed E-state index contributed by atoms with van der Waals surface area (Å²) in [4.78, 5) is 0.333. The van der Waals surface area contributed by atoms with Crippen molar-refractivity contribution in [2.24, 2.45) is 0 Å². The van der Waals surface area contributed by atoms with Gasteiger partial charge in [-0.15, -0.1) is 0 Å². The Morgan fingerprint density at radius 3 is 2.69 bits per heavy atom. The molecule has 0 aromatic heterocycles. The molecule has 1 unspecified atom stereocenters. The van der Waals surface area contributed by atoms with Gasteiger partial charge in [-0.25, -0.2) is 0 Å². The Labute approximate surface area is 101 Å². The van der Waals surface area contributed by atoms with Crippen LogP contribution in [0, 0.1) is 0 Å². The van der Waals surface area contributed by atoms with Crippen LogP contribution in [0.4, 0.5) is 0 Å². The van der Waals surface area contributed by atoms with E-state index in [1.807, 2.05) is 0 Å². The standard InChI is InChI=1S/C8H8O3S.Na/c9-12(10)8-2-1-6-4-11-5-7(6)3-8;/h1-3H,4-5H2,(H,9,10);/q;+1/p-1. The van der Waals surface area contributed by atoms with Gasteiger partial charge in [-0.3, -0.25) is 4.21 Å². The maximum Gasteiger partial charge on any atom is 1.00 e. The van der Waals surface area contributed by atoms with Gasteiger partial charge in [0.1, 0.15) is 0 Å². The van der Waals surface area contributed by atoms with Crippen molar-refractivity contribution in [3.63, 3.8) is 0 Å². The molecule has 0 N–H and O–H groups in total. The summed E-state index contributed by atoms with van der Waals surface area (Å²) in [6.07, 6.45) is 0. The van der Waals surface area contributed by atoms with Crippen LogP contribution in [-0.2, 0) is 29.0 Å². The van der Waals surface area contributed by atoms with Crippen molar-refractivity contribution < 1.29 is 43.1 Å². The predicted molar refractivity (Wildman–Crippen MR) is 42.1 cm³/mol. The Morgan fingerprint density at radius 2 is 2.00 bits per heavy atom. The predicted octanol–water partition coefficient (Wildman–Crippen LogP) is -2.04. The molecule has 1 aliphatic rings. The van der Waals surface area contributed by atoms with Gasteiger partial charge in [0.05, 0.1) is 13.2 Å². The van der Waals surface area contributed by atoms with Crippen LogP contribution >= 0.6 is 0 Å². The van der Waals surface area contributed by atoms with Gasteiger partial charge in [0.2, 0.25) is 0 Å². The van der Waals surface area contributed by atoms with E-state index in [0.717, 1.165) is 11.1 Å². The van der Waals surface area contributed by atoms with Crippen LogP contribution in [0.1, 0.15) is 11.1 Å². The molecule has 1 aliphatic heterocycles. The van der Waals surface area contributed by atoms with Gasteiger partial charge in [0, 0.05) is 4.90 Å². The molecule has 1 aromatic rings. The topological polar surface area (TPSA) is 49.4 Å². The second-order valence-corrected chi connectivity index (χ2v) is 3.60. The van der Waals surface area contributed by atoms with Gasteiger partial charge >= 0.3 is 29.6 Å². The number of rotatable bonds is 1. The van der Waals surface area contributed by atoms with Crippen molar-refractivity contribution in [1.29, 1.82) is 0 Å². The second kappa shape index (κ2) is 4.68. The first kappa shape index (κ1) is 11.4. The van der Waals surface area contributed by atoms with E-state index in [1.54, 1.807) is 18.2 Å². The average Bonchev–Trinajstić information content (AvgIpc) is 2.49. The maximum absolute atomic E-state index is 10.6. The zero-order valence-electron chi connectivity index (χ0n) is 7.28. The second-order valence-electron chi connectivity index (χ2n) is 2.66. The molecule has 2 rings (SSSR count). The number of fused-ring (bicyclic) bond motifs is 1. The van der Waals surface area contributed by atoms with Crippen molar-refractivity contribution in [3.05, 3.63) is 29.3 Å². The Bertz CT molecular complexity index is 340. The zero-order valence-corrected chi connectivity index (χ0v) is 10.1. The minimum atomic E-state index is -2.13. The van der Waals surface area contributed by atoms with E-state index in [-0.39, 0.29) is 29.6 Å². The van der Waals surface area contributed by atoms with Crippen LogP contribution in [-0.4, -0.2) is 8.76 Å². The molecule has 0 amide bonds. The normalized spacial score (nSPS) is 16.1. The van der Waals surface area contributed by atoms with E-state index in [0.29, 0.717) is 18.1 Å². The summed E-state index contributed by atoms with van der Waals surface area (Å²) in [6.45, 7) is 1.13. The first-order valence-corrected chi connectivity index (χ1v) is 4.63. The third kappa shape index (κ3) is 2.40. The monoisotopic (exact) mass is 206 g/mol. The number of ether oxygens (including phenoxy) is 1. The molecule has 0 spiro atoms. The molecule has 0 saturated heterocycles. The molecule has 0 bridgehead atoms. The molecule has 64 valence electrons. The van der Waals surface area contributed by atoms with Crippen molar-refractivity contribution in [2.45, 2.75) is 18.1 Å². The molecule has 0 aliphatic carbocycles. The van der Waals surface area contributed by atoms with Crippen molar-refractivity contribution in [1.82, 2.24) is 0 Å². The summed E-state index contributed by atoms with van der Waals surface area (Å²) >= 11 is -2.13. The van der Waals surface area contributed by atoms with Gasteiger partial charge in [-0.05, 0) is 34.3 Å². The third-order valence-corrected chi connectivity index (χ3v) is 2.52. The number of hydrogen-bond donors (Lipinski definition) is 0. The molecule has 1 atom stereocenters. The summed E-state index contributed by atoms with van der Waals surface area (Å²) < 4.78 is 26.3. The summed E-state index contributed by atoms with van der Waals surface area (Å²) in [5.74, 6) is 0. The summed E-state index contributed by atoms with van der Waals surface area (Å²) in [5, 5.41) is 0. The van der Waals surface area contributed by atoms with Gasteiger partial charge in [-0.2, -0.15) is 0 Å². The molecular weight excluding hydrogens is 199 g/mol. The van der Waals surface area contributed by atoms with Gasteiger partial charge < -0.3 is 9.29 Å². The summed E-state index contributed by atoms with van der Waals surface area (Å²) in [7, 11) is 0. The van der Waals surface area contributed by atoms with Crippen molar-refractivity contribution >= 4 is 11.1 Å². The molecule has 1 aromatic carbocycles. The van der Waals surface area contributed by atoms with E-state index < -0.39 is 11.1 Å². The van der Waals surface area contributed by atoms with Crippen LogP contribution in [0.3, 0.4) is 0 Å².